The number of rotatable bonds is 6. The molecular formula is C21H20N2O4S. The molecule has 144 valence electrons. The molecule has 6 nitrogen and oxygen atoms in total. The second kappa shape index (κ2) is 8.14. The van der Waals surface area contributed by atoms with E-state index in [4.69, 9.17) is 4.74 Å². The van der Waals surface area contributed by atoms with E-state index in [1.165, 1.54) is 13.2 Å². The minimum atomic E-state index is -3.86. The molecular weight excluding hydrogens is 376 g/mol. The Labute approximate surface area is 164 Å². The van der Waals surface area contributed by atoms with Crippen LogP contribution in [-0.2, 0) is 10.0 Å². The normalized spacial score (nSPS) is 10.9. The first-order chi connectivity index (χ1) is 13.4. The average molecular weight is 396 g/mol. The van der Waals surface area contributed by atoms with Crippen molar-refractivity contribution in [3.8, 4) is 5.75 Å². The molecule has 0 fully saturated rings. The number of para-hydroxylation sites is 1. The maximum absolute atomic E-state index is 12.8. The van der Waals surface area contributed by atoms with Crippen molar-refractivity contribution >= 4 is 27.3 Å². The van der Waals surface area contributed by atoms with E-state index < -0.39 is 10.0 Å². The van der Waals surface area contributed by atoms with Gasteiger partial charge in [-0.25, -0.2) is 8.42 Å². The van der Waals surface area contributed by atoms with Crippen LogP contribution in [-0.4, -0.2) is 21.4 Å². The maximum Gasteiger partial charge on any atom is 0.262 e. The fourth-order valence-electron chi connectivity index (χ4n) is 2.62. The standard InChI is InChI=1S/C21H20N2O4S/c1-15-8-9-16(21(24)22-17-6-4-3-5-7-17)14-20(15)28(25,26)23-18-10-12-19(27-2)13-11-18/h3-14,23H,1-2H3,(H,22,24). The average Bonchev–Trinajstić information content (AvgIpc) is 2.69. The number of ether oxygens (including phenoxy) is 1. The molecule has 0 bridgehead atoms. The molecule has 7 heteroatoms. The second-order valence-corrected chi connectivity index (χ2v) is 7.79. The molecule has 28 heavy (non-hydrogen) atoms. The number of benzene rings is 3. The molecule has 0 heterocycles. The van der Waals surface area contributed by atoms with E-state index in [1.807, 2.05) is 6.07 Å². The molecule has 2 N–H and O–H groups in total. The molecule has 0 unspecified atom stereocenters. The molecule has 0 aliphatic rings. The molecule has 3 rings (SSSR count). The minimum absolute atomic E-state index is 0.0454. The van der Waals surface area contributed by atoms with Gasteiger partial charge in [0.15, 0.2) is 0 Å². The van der Waals surface area contributed by atoms with Gasteiger partial charge < -0.3 is 10.1 Å². The van der Waals surface area contributed by atoms with Gasteiger partial charge in [0, 0.05) is 16.9 Å². The van der Waals surface area contributed by atoms with Crippen LogP contribution >= 0.6 is 0 Å². The van der Waals surface area contributed by atoms with E-state index in [1.54, 1.807) is 67.6 Å². The zero-order valence-electron chi connectivity index (χ0n) is 15.5. The summed E-state index contributed by atoms with van der Waals surface area (Å²) in [5.41, 5.74) is 1.83. The number of carbonyl (C=O) groups is 1. The highest BCUT2D eigenvalue weighted by Crippen LogP contribution is 2.23. The third-order valence-electron chi connectivity index (χ3n) is 4.11. The van der Waals surface area contributed by atoms with Gasteiger partial charge in [-0.3, -0.25) is 9.52 Å². The summed E-state index contributed by atoms with van der Waals surface area (Å²) in [7, 11) is -2.33. The Morgan fingerprint density at radius 1 is 0.893 bits per heavy atom. The number of carbonyl (C=O) groups excluding carboxylic acids is 1. The Morgan fingerprint density at radius 3 is 2.21 bits per heavy atom. The summed E-state index contributed by atoms with van der Waals surface area (Å²) in [6, 6.07) is 20.1. The fourth-order valence-corrected chi connectivity index (χ4v) is 3.96. The second-order valence-electron chi connectivity index (χ2n) is 6.13. The van der Waals surface area contributed by atoms with E-state index in [2.05, 4.69) is 10.0 Å². The van der Waals surface area contributed by atoms with Crippen LogP contribution in [0.4, 0.5) is 11.4 Å². The van der Waals surface area contributed by atoms with Gasteiger partial charge in [0.2, 0.25) is 0 Å². The van der Waals surface area contributed by atoms with E-state index >= 15 is 0 Å². The van der Waals surface area contributed by atoms with Gasteiger partial charge in [-0.05, 0) is 61.0 Å². The topological polar surface area (TPSA) is 84.5 Å². The first-order valence-electron chi connectivity index (χ1n) is 8.53. The molecule has 0 aliphatic heterocycles. The number of amides is 1. The number of hydrogen-bond donors (Lipinski definition) is 2. The van der Waals surface area contributed by atoms with Gasteiger partial charge >= 0.3 is 0 Å². The predicted octanol–water partition coefficient (Wildman–Crippen LogP) is 4.06. The minimum Gasteiger partial charge on any atom is -0.497 e. The zero-order valence-corrected chi connectivity index (χ0v) is 16.3. The summed E-state index contributed by atoms with van der Waals surface area (Å²) in [4.78, 5) is 12.5. The van der Waals surface area contributed by atoms with Crippen molar-refractivity contribution in [2.75, 3.05) is 17.1 Å². The Hall–Kier alpha value is -3.32. The van der Waals surface area contributed by atoms with Crippen LogP contribution in [0.3, 0.4) is 0 Å². The van der Waals surface area contributed by atoms with Crippen LogP contribution in [0.1, 0.15) is 15.9 Å². The largest absolute Gasteiger partial charge is 0.497 e. The maximum atomic E-state index is 12.8. The van der Waals surface area contributed by atoms with Gasteiger partial charge in [0.1, 0.15) is 5.75 Å². The van der Waals surface area contributed by atoms with Crippen molar-refractivity contribution in [3.63, 3.8) is 0 Å². The molecule has 3 aromatic rings. The third-order valence-corrected chi connectivity index (χ3v) is 5.64. The van der Waals surface area contributed by atoms with E-state index in [9.17, 15) is 13.2 Å². The van der Waals surface area contributed by atoms with E-state index in [0.29, 0.717) is 22.7 Å². The SMILES string of the molecule is COc1ccc(NS(=O)(=O)c2cc(C(=O)Nc3ccccc3)ccc2C)cc1. The highest BCUT2D eigenvalue weighted by atomic mass is 32.2. The van der Waals surface area contributed by atoms with Gasteiger partial charge in [0.05, 0.1) is 12.0 Å². The van der Waals surface area contributed by atoms with Crippen LogP contribution in [0.2, 0.25) is 0 Å². The Balaban J connectivity index is 1.86. The lowest BCUT2D eigenvalue weighted by molar-refractivity contribution is 0.102. The van der Waals surface area contributed by atoms with Crippen molar-refractivity contribution < 1.29 is 17.9 Å². The first-order valence-corrected chi connectivity index (χ1v) is 10.0. The first kappa shape index (κ1) is 19.4. The number of anilines is 2. The number of methoxy groups -OCH3 is 1. The highest BCUT2D eigenvalue weighted by molar-refractivity contribution is 7.92. The molecule has 0 radical (unpaired) electrons. The van der Waals surface area contributed by atoms with Crippen LogP contribution in [0, 0.1) is 6.92 Å². The third kappa shape index (κ3) is 4.50. The van der Waals surface area contributed by atoms with Crippen LogP contribution < -0.4 is 14.8 Å². The molecule has 0 aliphatic carbocycles. The zero-order chi connectivity index (χ0) is 20.1. The summed E-state index contributed by atoms with van der Waals surface area (Å²) >= 11 is 0. The lowest BCUT2D eigenvalue weighted by Gasteiger charge is -2.12. The number of sulfonamides is 1. The Kier molecular flexibility index (Phi) is 5.65. The predicted molar refractivity (Wildman–Crippen MR) is 109 cm³/mol. The van der Waals surface area contributed by atoms with Crippen LogP contribution in [0.15, 0.2) is 77.7 Å². The van der Waals surface area contributed by atoms with Crippen molar-refractivity contribution in [3.05, 3.63) is 83.9 Å². The summed E-state index contributed by atoms with van der Waals surface area (Å²) in [6.07, 6.45) is 0. The van der Waals surface area contributed by atoms with Gasteiger partial charge in [-0.2, -0.15) is 0 Å². The van der Waals surface area contributed by atoms with Crippen molar-refractivity contribution in [2.45, 2.75) is 11.8 Å². The summed E-state index contributed by atoms with van der Waals surface area (Å²) in [6.45, 7) is 1.68. The van der Waals surface area contributed by atoms with Gasteiger partial charge in [-0.1, -0.05) is 24.3 Å². The summed E-state index contributed by atoms with van der Waals surface area (Å²) in [5, 5.41) is 2.75. The van der Waals surface area contributed by atoms with Gasteiger partial charge in [0.25, 0.3) is 15.9 Å². The van der Waals surface area contributed by atoms with E-state index in [-0.39, 0.29) is 16.4 Å². The summed E-state index contributed by atoms with van der Waals surface area (Å²) in [5.74, 6) is 0.241. The Morgan fingerprint density at radius 2 is 1.57 bits per heavy atom. The van der Waals surface area contributed by atoms with Crippen LogP contribution in [0.5, 0.6) is 5.75 Å². The van der Waals surface area contributed by atoms with Gasteiger partial charge in [-0.15, -0.1) is 0 Å². The lowest BCUT2D eigenvalue weighted by Crippen LogP contribution is -2.17. The number of nitrogens with one attached hydrogen (secondary N) is 2. The monoisotopic (exact) mass is 396 g/mol. The summed E-state index contributed by atoms with van der Waals surface area (Å²) < 4.78 is 33.3. The molecule has 0 spiro atoms. The lowest BCUT2D eigenvalue weighted by atomic mass is 10.1. The van der Waals surface area contributed by atoms with Crippen molar-refractivity contribution in [2.24, 2.45) is 0 Å². The molecule has 0 saturated carbocycles. The fraction of sp³-hybridized carbons (Fsp3) is 0.0952. The number of aryl methyl sites for hydroxylation is 1. The van der Waals surface area contributed by atoms with Crippen molar-refractivity contribution in [1.29, 1.82) is 0 Å². The Bertz CT molecular complexity index is 1080. The molecule has 0 atom stereocenters. The molecule has 0 saturated heterocycles. The smallest absolute Gasteiger partial charge is 0.262 e. The number of hydrogen-bond acceptors (Lipinski definition) is 4. The van der Waals surface area contributed by atoms with E-state index in [0.717, 1.165) is 0 Å². The molecule has 1 amide bonds. The molecule has 0 aromatic heterocycles. The quantitative estimate of drug-likeness (QED) is 0.658. The highest BCUT2D eigenvalue weighted by Gasteiger charge is 2.19. The van der Waals surface area contributed by atoms with Crippen molar-refractivity contribution in [1.82, 2.24) is 0 Å². The van der Waals surface area contributed by atoms with Crippen LogP contribution in [0.25, 0.3) is 0 Å². The molecule has 3 aromatic carbocycles.